The van der Waals surface area contributed by atoms with E-state index in [-0.39, 0.29) is 0 Å². The molecule has 0 fully saturated rings. The van der Waals surface area contributed by atoms with Crippen molar-refractivity contribution >= 4 is 11.3 Å². The molecule has 0 radical (unpaired) electrons. The first-order valence-corrected chi connectivity index (χ1v) is 6.75. The van der Waals surface area contributed by atoms with Crippen LogP contribution in [0.1, 0.15) is 4.88 Å². The van der Waals surface area contributed by atoms with Crippen LogP contribution < -0.4 is 4.74 Å². The van der Waals surface area contributed by atoms with Gasteiger partial charge in [-0.15, -0.1) is 11.3 Å². The molecule has 0 spiro atoms. The van der Waals surface area contributed by atoms with E-state index < -0.39 is 0 Å². The molecule has 19 heavy (non-hydrogen) atoms. The number of hydrogen-bond acceptors (Lipinski definition) is 4. The van der Waals surface area contributed by atoms with Crippen LogP contribution in [0.15, 0.2) is 47.1 Å². The third-order valence-corrected chi connectivity index (χ3v) is 3.88. The number of benzene rings is 1. The maximum absolute atomic E-state index is 5.39. The van der Waals surface area contributed by atoms with Gasteiger partial charge in [0.2, 0.25) is 0 Å². The molecule has 0 unspecified atom stereocenters. The van der Waals surface area contributed by atoms with Gasteiger partial charge in [-0.2, -0.15) is 0 Å². The van der Waals surface area contributed by atoms with Crippen LogP contribution in [0.5, 0.6) is 5.75 Å². The van der Waals surface area contributed by atoms with Crippen LogP contribution in [0, 0.1) is 6.92 Å². The van der Waals surface area contributed by atoms with E-state index in [1.54, 1.807) is 24.7 Å². The number of furan rings is 1. The molecule has 0 aliphatic heterocycles. The maximum atomic E-state index is 5.39. The van der Waals surface area contributed by atoms with E-state index in [1.807, 2.05) is 36.4 Å². The van der Waals surface area contributed by atoms with Crippen LogP contribution in [0.4, 0.5) is 0 Å². The van der Waals surface area contributed by atoms with E-state index in [0.717, 1.165) is 27.8 Å². The van der Waals surface area contributed by atoms with E-state index in [1.165, 1.54) is 4.88 Å². The van der Waals surface area contributed by atoms with Crippen LogP contribution in [0.25, 0.3) is 22.0 Å². The fraction of sp³-hybridized carbons (Fsp3) is 0.133. The maximum Gasteiger partial charge on any atom is 0.162 e. The smallest absolute Gasteiger partial charge is 0.162 e. The molecule has 0 atom stereocenters. The minimum atomic E-state index is 0.813. The van der Waals surface area contributed by atoms with E-state index in [9.17, 15) is 0 Å². The Labute approximate surface area is 115 Å². The summed E-state index contributed by atoms with van der Waals surface area (Å²) in [4.78, 5) is 5.84. The van der Waals surface area contributed by atoms with Crippen molar-refractivity contribution in [1.29, 1.82) is 0 Å². The van der Waals surface area contributed by atoms with Crippen molar-refractivity contribution in [2.75, 3.05) is 7.11 Å². The van der Waals surface area contributed by atoms with Crippen molar-refractivity contribution in [2.45, 2.75) is 6.92 Å². The molecule has 0 saturated heterocycles. The van der Waals surface area contributed by atoms with Crippen molar-refractivity contribution in [2.24, 2.45) is 0 Å². The SMILES string of the molecule is COc1ccc(-c2nc(-c3ccco3)sc2C)cc1. The zero-order valence-corrected chi connectivity index (χ0v) is 11.5. The highest BCUT2D eigenvalue weighted by molar-refractivity contribution is 7.15. The number of ether oxygens (including phenoxy) is 1. The van der Waals surface area contributed by atoms with Crippen LogP contribution in [-0.2, 0) is 0 Å². The predicted molar refractivity (Wildman–Crippen MR) is 76.5 cm³/mol. The zero-order chi connectivity index (χ0) is 13.2. The van der Waals surface area contributed by atoms with Gasteiger partial charge in [-0.1, -0.05) is 0 Å². The highest BCUT2D eigenvalue weighted by atomic mass is 32.1. The van der Waals surface area contributed by atoms with E-state index in [0.29, 0.717) is 0 Å². The lowest BCUT2D eigenvalue weighted by Gasteiger charge is -2.01. The minimum Gasteiger partial charge on any atom is -0.497 e. The van der Waals surface area contributed by atoms with Gasteiger partial charge in [-0.05, 0) is 43.3 Å². The molecule has 0 aliphatic rings. The van der Waals surface area contributed by atoms with E-state index in [4.69, 9.17) is 9.15 Å². The van der Waals surface area contributed by atoms with Gasteiger partial charge >= 0.3 is 0 Å². The van der Waals surface area contributed by atoms with Crippen LogP contribution >= 0.6 is 11.3 Å². The summed E-state index contributed by atoms with van der Waals surface area (Å²) in [6, 6.07) is 11.7. The fourth-order valence-electron chi connectivity index (χ4n) is 1.92. The average Bonchev–Trinajstić information content (AvgIpc) is 3.08. The molecule has 3 rings (SSSR count). The largest absolute Gasteiger partial charge is 0.497 e. The van der Waals surface area contributed by atoms with Crippen LogP contribution in [0.3, 0.4) is 0 Å². The van der Waals surface area contributed by atoms with Gasteiger partial charge in [-0.25, -0.2) is 4.98 Å². The molecule has 0 N–H and O–H groups in total. The highest BCUT2D eigenvalue weighted by Crippen LogP contribution is 2.33. The van der Waals surface area contributed by atoms with Gasteiger partial charge < -0.3 is 9.15 Å². The Kier molecular flexibility index (Phi) is 3.09. The van der Waals surface area contributed by atoms with Gasteiger partial charge in [-0.3, -0.25) is 0 Å². The van der Waals surface area contributed by atoms with Gasteiger partial charge in [0.15, 0.2) is 10.8 Å². The first-order valence-electron chi connectivity index (χ1n) is 5.93. The van der Waals surface area contributed by atoms with Gasteiger partial charge in [0.05, 0.1) is 19.1 Å². The predicted octanol–water partition coefficient (Wildman–Crippen LogP) is 4.39. The lowest BCUT2D eigenvalue weighted by atomic mass is 10.1. The lowest BCUT2D eigenvalue weighted by Crippen LogP contribution is -1.84. The van der Waals surface area contributed by atoms with E-state index in [2.05, 4.69) is 11.9 Å². The lowest BCUT2D eigenvalue weighted by molar-refractivity contribution is 0.415. The molecule has 3 nitrogen and oxygen atoms in total. The number of aromatic nitrogens is 1. The Morgan fingerprint density at radius 3 is 2.58 bits per heavy atom. The Morgan fingerprint density at radius 2 is 1.95 bits per heavy atom. The minimum absolute atomic E-state index is 0.813. The Morgan fingerprint density at radius 1 is 1.16 bits per heavy atom. The topological polar surface area (TPSA) is 35.3 Å². The Balaban J connectivity index is 2.00. The standard InChI is InChI=1S/C15H13NO2S/c1-10-14(11-5-7-12(17-2)8-6-11)16-15(19-10)13-4-3-9-18-13/h3-9H,1-2H3. The number of nitrogens with zero attached hydrogens (tertiary/aromatic N) is 1. The van der Waals surface area contributed by atoms with Crippen molar-refractivity contribution in [3.05, 3.63) is 47.5 Å². The van der Waals surface area contributed by atoms with Crippen molar-refractivity contribution in [3.8, 4) is 27.8 Å². The van der Waals surface area contributed by atoms with Crippen LogP contribution in [0.2, 0.25) is 0 Å². The number of methoxy groups -OCH3 is 1. The second-order valence-corrected chi connectivity index (χ2v) is 5.33. The molecule has 0 saturated carbocycles. The second-order valence-electron chi connectivity index (χ2n) is 4.13. The first kappa shape index (κ1) is 12.0. The highest BCUT2D eigenvalue weighted by Gasteiger charge is 2.12. The summed E-state index contributed by atoms with van der Waals surface area (Å²) in [5, 5.41) is 0.910. The Bertz CT molecular complexity index is 669. The van der Waals surface area contributed by atoms with E-state index >= 15 is 0 Å². The summed E-state index contributed by atoms with van der Waals surface area (Å²) in [7, 11) is 1.66. The Hall–Kier alpha value is -2.07. The van der Waals surface area contributed by atoms with Gasteiger partial charge in [0, 0.05) is 10.4 Å². The number of thiazole rings is 1. The summed E-state index contributed by atoms with van der Waals surface area (Å²) in [6.45, 7) is 2.07. The quantitative estimate of drug-likeness (QED) is 0.708. The average molecular weight is 271 g/mol. The molecule has 3 aromatic rings. The zero-order valence-electron chi connectivity index (χ0n) is 10.7. The summed E-state index contributed by atoms with van der Waals surface area (Å²) >= 11 is 1.64. The monoisotopic (exact) mass is 271 g/mol. The molecule has 2 aromatic heterocycles. The number of rotatable bonds is 3. The van der Waals surface area contributed by atoms with Crippen LogP contribution in [-0.4, -0.2) is 12.1 Å². The third-order valence-electron chi connectivity index (χ3n) is 2.89. The van der Waals surface area contributed by atoms with Crippen molar-refractivity contribution in [3.63, 3.8) is 0 Å². The van der Waals surface area contributed by atoms with Gasteiger partial charge in [0.25, 0.3) is 0 Å². The summed E-state index contributed by atoms with van der Waals surface area (Å²) in [6.07, 6.45) is 1.67. The molecule has 0 amide bonds. The molecular formula is C15H13NO2S. The molecule has 96 valence electrons. The third kappa shape index (κ3) is 2.27. The molecule has 0 bridgehead atoms. The first-order chi connectivity index (χ1) is 9.28. The number of aryl methyl sites for hydroxylation is 1. The molecular weight excluding hydrogens is 258 g/mol. The summed E-state index contributed by atoms with van der Waals surface area (Å²) < 4.78 is 10.6. The molecule has 0 aliphatic carbocycles. The summed E-state index contributed by atoms with van der Waals surface area (Å²) in [5.41, 5.74) is 2.09. The molecule has 4 heteroatoms. The van der Waals surface area contributed by atoms with Crippen molar-refractivity contribution in [1.82, 2.24) is 4.98 Å². The van der Waals surface area contributed by atoms with Crippen molar-refractivity contribution < 1.29 is 9.15 Å². The fourth-order valence-corrected chi connectivity index (χ4v) is 2.82. The summed E-state index contributed by atoms with van der Waals surface area (Å²) in [5.74, 6) is 1.66. The normalized spacial score (nSPS) is 10.6. The molecule has 2 heterocycles. The number of hydrogen-bond donors (Lipinski definition) is 0. The van der Waals surface area contributed by atoms with Gasteiger partial charge in [0.1, 0.15) is 5.75 Å². The molecule has 1 aromatic carbocycles. The second kappa shape index (κ2) is 4.90.